The summed E-state index contributed by atoms with van der Waals surface area (Å²) >= 11 is 1.59. The monoisotopic (exact) mass is 345 g/mol. The van der Waals surface area contributed by atoms with Gasteiger partial charge in [-0.25, -0.2) is 9.55 Å². The number of ketones is 1. The van der Waals surface area contributed by atoms with E-state index in [-0.39, 0.29) is 5.78 Å². The fourth-order valence-corrected chi connectivity index (χ4v) is 3.34. The SMILES string of the molecule is CO/N=C/C(=O)c1c(OC)[n+]2ccccc2n1Cc1cnc(C)s1. The summed E-state index contributed by atoms with van der Waals surface area (Å²) < 4.78 is 9.22. The van der Waals surface area contributed by atoms with Gasteiger partial charge in [-0.2, -0.15) is 4.40 Å². The molecular formula is C16H17N4O3S+. The van der Waals surface area contributed by atoms with Crippen LogP contribution in [-0.2, 0) is 11.4 Å². The largest absolute Gasteiger partial charge is 0.462 e. The molecule has 3 heterocycles. The number of rotatable bonds is 6. The average molecular weight is 345 g/mol. The van der Waals surface area contributed by atoms with Crippen molar-refractivity contribution < 1.29 is 18.8 Å². The summed E-state index contributed by atoms with van der Waals surface area (Å²) in [5, 5.41) is 4.56. The summed E-state index contributed by atoms with van der Waals surface area (Å²) in [5.74, 6) is 0.165. The Kier molecular flexibility index (Phi) is 4.57. The zero-order valence-corrected chi connectivity index (χ0v) is 14.4. The molecule has 0 saturated heterocycles. The van der Waals surface area contributed by atoms with Gasteiger partial charge in [0.05, 0.1) is 23.2 Å². The molecule has 0 unspecified atom stereocenters. The van der Waals surface area contributed by atoms with E-state index in [2.05, 4.69) is 15.0 Å². The molecule has 0 saturated carbocycles. The number of aromatic nitrogens is 3. The second-order valence-electron chi connectivity index (χ2n) is 5.00. The van der Waals surface area contributed by atoms with E-state index in [0.29, 0.717) is 18.1 Å². The van der Waals surface area contributed by atoms with E-state index >= 15 is 0 Å². The van der Waals surface area contributed by atoms with Crippen molar-refractivity contribution >= 4 is 29.0 Å². The first-order chi connectivity index (χ1) is 11.7. The molecule has 0 aliphatic carbocycles. The number of oxime groups is 1. The number of carbonyl (C=O) groups is 1. The van der Waals surface area contributed by atoms with Crippen LogP contribution in [0.15, 0.2) is 35.7 Å². The van der Waals surface area contributed by atoms with E-state index in [1.807, 2.05) is 46.5 Å². The number of nitrogens with zero attached hydrogens (tertiary/aromatic N) is 4. The maximum atomic E-state index is 12.6. The smallest absolute Gasteiger partial charge is 0.341 e. The summed E-state index contributed by atoms with van der Waals surface area (Å²) in [6.45, 7) is 2.47. The van der Waals surface area contributed by atoms with Crippen LogP contribution in [0, 0.1) is 6.92 Å². The average Bonchev–Trinajstić information content (AvgIpc) is 3.14. The quantitative estimate of drug-likeness (QED) is 0.296. The number of Topliss-reactive ketones (excluding diaryl/α,β-unsaturated/α-hetero) is 1. The molecule has 0 aromatic carbocycles. The van der Waals surface area contributed by atoms with Crippen molar-refractivity contribution in [1.29, 1.82) is 0 Å². The highest BCUT2D eigenvalue weighted by atomic mass is 32.1. The Morgan fingerprint density at radius 2 is 2.29 bits per heavy atom. The van der Waals surface area contributed by atoms with Crippen LogP contribution in [0.25, 0.3) is 5.65 Å². The summed E-state index contributed by atoms with van der Waals surface area (Å²) in [6.07, 6.45) is 4.82. The maximum absolute atomic E-state index is 12.6. The zero-order valence-electron chi connectivity index (χ0n) is 13.6. The maximum Gasteiger partial charge on any atom is 0.341 e. The van der Waals surface area contributed by atoms with Crippen LogP contribution in [0.1, 0.15) is 20.4 Å². The predicted molar refractivity (Wildman–Crippen MR) is 89.9 cm³/mol. The highest BCUT2D eigenvalue weighted by Crippen LogP contribution is 2.22. The summed E-state index contributed by atoms with van der Waals surface area (Å²) in [6, 6.07) is 5.73. The minimum Gasteiger partial charge on any atom is -0.462 e. The highest BCUT2D eigenvalue weighted by molar-refractivity contribution is 7.11. The number of carbonyl (C=O) groups excluding carboxylic acids is 1. The number of aryl methyl sites for hydroxylation is 1. The number of hydrogen-bond donors (Lipinski definition) is 0. The lowest BCUT2D eigenvalue weighted by Crippen LogP contribution is -2.21. The van der Waals surface area contributed by atoms with Crippen LogP contribution in [-0.4, -0.2) is 35.8 Å². The van der Waals surface area contributed by atoms with Gasteiger partial charge in [0.15, 0.2) is 0 Å². The standard InChI is InChI=1S/C16H17N4O3S/c1-11-17-8-12(24-11)10-20-14-6-4-5-7-19(14)16(22-2)15(20)13(21)9-18-23-3/h4-9H,10H2,1-3H3/q+1/b18-9+. The van der Waals surface area contributed by atoms with E-state index in [4.69, 9.17) is 4.74 Å². The van der Waals surface area contributed by atoms with Crippen LogP contribution < -0.4 is 9.14 Å². The van der Waals surface area contributed by atoms with Crippen LogP contribution >= 0.6 is 11.3 Å². The highest BCUT2D eigenvalue weighted by Gasteiger charge is 2.31. The van der Waals surface area contributed by atoms with Gasteiger partial charge >= 0.3 is 5.88 Å². The van der Waals surface area contributed by atoms with Gasteiger partial charge in [-0.1, -0.05) is 11.2 Å². The molecule has 0 atom stereocenters. The number of methoxy groups -OCH3 is 1. The first kappa shape index (κ1) is 16.1. The molecule has 7 nitrogen and oxygen atoms in total. The minimum absolute atomic E-state index is 0.293. The molecular weight excluding hydrogens is 328 g/mol. The molecule has 0 radical (unpaired) electrons. The number of thiazole rings is 1. The second-order valence-corrected chi connectivity index (χ2v) is 6.32. The van der Waals surface area contributed by atoms with E-state index in [1.54, 1.807) is 18.4 Å². The van der Waals surface area contributed by atoms with Gasteiger partial charge in [-0.15, -0.1) is 11.3 Å². The molecule has 0 amide bonds. The third-order valence-corrected chi connectivity index (χ3v) is 4.39. The van der Waals surface area contributed by atoms with Gasteiger partial charge < -0.3 is 9.57 Å². The van der Waals surface area contributed by atoms with Gasteiger partial charge in [0.1, 0.15) is 19.9 Å². The van der Waals surface area contributed by atoms with Crippen molar-refractivity contribution in [2.75, 3.05) is 14.2 Å². The third kappa shape index (κ3) is 2.88. The van der Waals surface area contributed by atoms with Crippen LogP contribution in [0.3, 0.4) is 0 Å². The lowest BCUT2D eigenvalue weighted by molar-refractivity contribution is -0.520. The summed E-state index contributed by atoms with van der Waals surface area (Å²) in [4.78, 5) is 22.6. The fourth-order valence-electron chi connectivity index (χ4n) is 2.56. The molecule has 0 aliphatic heterocycles. The second kappa shape index (κ2) is 6.79. The predicted octanol–water partition coefficient (Wildman–Crippen LogP) is 1.86. The molecule has 124 valence electrons. The van der Waals surface area contributed by atoms with Crippen LogP contribution in [0.5, 0.6) is 5.88 Å². The normalized spacial score (nSPS) is 11.3. The van der Waals surface area contributed by atoms with Gasteiger partial charge in [0.25, 0.3) is 17.1 Å². The number of ether oxygens (including phenoxy) is 1. The molecule has 3 rings (SSSR count). The molecule has 0 bridgehead atoms. The van der Waals surface area contributed by atoms with Crippen molar-refractivity contribution in [2.24, 2.45) is 5.16 Å². The Bertz CT molecular complexity index is 913. The van der Waals surface area contributed by atoms with Crippen LogP contribution in [0.2, 0.25) is 0 Å². The van der Waals surface area contributed by atoms with Gasteiger partial charge in [0, 0.05) is 12.3 Å². The van der Waals surface area contributed by atoms with Crippen LogP contribution in [0.4, 0.5) is 0 Å². The van der Waals surface area contributed by atoms with Crippen molar-refractivity contribution in [2.45, 2.75) is 13.5 Å². The Hall–Kier alpha value is -2.74. The summed E-state index contributed by atoms with van der Waals surface area (Å²) in [5.41, 5.74) is 1.25. The van der Waals surface area contributed by atoms with Crippen molar-refractivity contribution in [3.63, 3.8) is 0 Å². The minimum atomic E-state index is -0.293. The number of fused-ring (bicyclic) bond motifs is 1. The Morgan fingerprint density at radius 1 is 1.46 bits per heavy atom. The van der Waals surface area contributed by atoms with E-state index in [1.165, 1.54) is 7.11 Å². The number of imidazole rings is 1. The Labute approximate surface area is 142 Å². The van der Waals surface area contributed by atoms with Gasteiger partial charge in [0.2, 0.25) is 0 Å². The Morgan fingerprint density at radius 3 is 2.96 bits per heavy atom. The van der Waals surface area contributed by atoms with Crippen molar-refractivity contribution in [3.05, 3.63) is 46.2 Å². The number of hydrogen-bond acceptors (Lipinski definition) is 6. The topological polar surface area (TPSA) is 69.8 Å². The van der Waals surface area contributed by atoms with Gasteiger partial charge in [-0.05, 0) is 13.0 Å². The molecule has 0 fully saturated rings. The zero-order chi connectivity index (χ0) is 17.1. The molecule has 0 spiro atoms. The van der Waals surface area contributed by atoms with Crippen molar-refractivity contribution in [1.82, 2.24) is 9.55 Å². The molecule has 8 heteroatoms. The third-order valence-electron chi connectivity index (χ3n) is 3.49. The lowest BCUT2D eigenvalue weighted by Gasteiger charge is -1.99. The fraction of sp³-hybridized carbons (Fsp3) is 0.250. The summed E-state index contributed by atoms with van der Waals surface area (Å²) in [7, 11) is 2.94. The number of pyridine rings is 1. The lowest BCUT2D eigenvalue weighted by atomic mass is 10.3. The molecule has 24 heavy (non-hydrogen) atoms. The molecule has 3 aromatic heterocycles. The molecule has 3 aromatic rings. The van der Waals surface area contributed by atoms with E-state index in [9.17, 15) is 4.79 Å². The Balaban J connectivity index is 2.20. The van der Waals surface area contributed by atoms with Gasteiger partial charge in [-0.3, -0.25) is 4.79 Å². The van der Waals surface area contributed by atoms with E-state index < -0.39 is 0 Å². The molecule has 0 aliphatic rings. The van der Waals surface area contributed by atoms with E-state index in [0.717, 1.165) is 21.7 Å². The first-order valence-electron chi connectivity index (χ1n) is 7.24. The van der Waals surface area contributed by atoms with Crippen molar-refractivity contribution in [3.8, 4) is 5.88 Å². The first-order valence-corrected chi connectivity index (χ1v) is 8.06. The molecule has 0 N–H and O–H groups in total.